The molecule has 1 heterocycles. The Morgan fingerprint density at radius 3 is 2.61 bits per heavy atom. The fourth-order valence-corrected chi connectivity index (χ4v) is 3.99. The van der Waals surface area contributed by atoms with Gasteiger partial charge in [-0.1, -0.05) is 48.0 Å². The molecule has 1 aliphatic carbocycles. The van der Waals surface area contributed by atoms with Crippen LogP contribution in [-0.2, 0) is 18.3 Å². The van der Waals surface area contributed by atoms with Gasteiger partial charge >= 0.3 is 0 Å². The van der Waals surface area contributed by atoms with E-state index in [1.54, 1.807) is 22.9 Å². The first kappa shape index (κ1) is 23.5. The Kier molecular flexibility index (Phi) is 7.83. The van der Waals surface area contributed by atoms with Gasteiger partial charge in [-0.2, -0.15) is 5.10 Å². The monoisotopic (exact) mass is 467 g/mol. The third kappa shape index (κ3) is 6.24. The molecule has 0 aliphatic heterocycles. The van der Waals surface area contributed by atoms with E-state index in [1.807, 2.05) is 37.4 Å². The highest BCUT2D eigenvalue weighted by Crippen LogP contribution is 2.37. The van der Waals surface area contributed by atoms with E-state index < -0.39 is 6.10 Å². The van der Waals surface area contributed by atoms with E-state index in [0.717, 1.165) is 29.7 Å². The molecule has 0 bridgehead atoms. The van der Waals surface area contributed by atoms with Gasteiger partial charge in [0.2, 0.25) is 5.88 Å². The lowest BCUT2D eigenvalue weighted by atomic mass is 10.1. The number of ether oxygens (including phenoxy) is 2. The number of aliphatic hydroxyl groups excluding tert-OH is 1. The molecule has 1 N–H and O–H groups in total. The first-order valence-corrected chi connectivity index (χ1v) is 11.6. The first-order valence-electron chi connectivity index (χ1n) is 11.2. The van der Waals surface area contributed by atoms with Crippen molar-refractivity contribution < 1.29 is 14.6 Å². The maximum Gasteiger partial charge on any atom is 0.222 e. The average Bonchev–Trinajstić information content (AvgIpc) is 3.62. The molecular formula is C26H30ClN3O3. The minimum atomic E-state index is -0.581. The quantitative estimate of drug-likeness (QED) is 0.298. The molecule has 6 nitrogen and oxygen atoms in total. The lowest BCUT2D eigenvalue weighted by Gasteiger charge is -2.25. The molecule has 1 saturated carbocycles. The first-order chi connectivity index (χ1) is 16.0. The lowest BCUT2D eigenvalue weighted by Crippen LogP contribution is -2.36. The largest absolute Gasteiger partial charge is 0.439 e. The molecule has 0 saturated heterocycles. The predicted molar refractivity (Wildman–Crippen MR) is 131 cm³/mol. The third-order valence-corrected chi connectivity index (χ3v) is 5.83. The molecule has 174 valence electrons. The summed E-state index contributed by atoms with van der Waals surface area (Å²) in [5.41, 5.74) is 2.90. The van der Waals surface area contributed by atoms with E-state index in [2.05, 4.69) is 23.6 Å². The molecule has 4 rings (SSSR count). The Balaban J connectivity index is 1.63. The molecule has 1 atom stereocenters. The normalized spacial score (nSPS) is 14.4. The summed E-state index contributed by atoms with van der Waals surface area (Å²) in [6, 6.07) is 17.9. The van der Waals surface area contributed by atoms with E-state index in [-0.39, 0.29) is 6.61 Å². The van der Waals surface area contributed by atoms with Gasteiger partial charge in [0.15, 0.2) is 0 Å². The molecule has 0 radical (unpaired) electrons. The zero-order valence-corrected chi connectivity index (χ0v) is 19.6. The summed E-state index contributed by atoms with van der Waals surface area (Å²) < 4.78 is 13.5. The Labute approximate surface area is 200 Å². The molecule has 7 heteroatoms. The molecular weight excluding hydrogens is 438 g/mol. The van der Waals surface area contributed by atoms with Crippen molar-refractivity contribution in [2.45, 2.75) is 31.5 Å². The van der Waals surface area contributed by atoms with Crippen molar-refractivity contribution in [2.75, 3.05) is 19.8 Å². The van der Waals surface area contributed by atoms with E-state index in [0.29, 0.717) is 42.4 Å². The highest BCUT2D eigenvalue weighted by atomic mass is 35.5. The zero-order valence-electron chi connectivity index (χ0n) is 18.9. The van der Waals surface area contributed by atoms with Gasteiger partial charge in [-0.05, 0) is 37.1 Å². The minimum absolute atomic E-state index is 0.280. The number of hydrogen-bond donors (Lipinski definition) is 1. The molecule has 0 unspecified atom stereocenters. The Morgan fingerprint density at radius 2 is 1.94 bits per heavy atom. The summed E-state index contributed by atoms with van der Waals surface area (Å²) >= 11 is 6.05. The Bertz CT molecular complexity index is 1050. The van der Waals surface area contributed by atoms with Crippen LogP contribution in [-0.4, -0.2) is 51.7 Å². The number of aliphatic hydroxyl groups is 1. The van der Waals surface area contributed by atoms with Crippen LogP contribution in [0.5, 0.6) is 11.6 Å². The summed E-state index contributed by atoms with van der Waals surface area (Å²) in [4.78, 5) is 2.31. The second kappa shape index (κ2) is 11.0. The number of hydrogen-bond acceptors (Lipinski definition) is 5. The van der Waals surface area contributed by atoms with Crippen molar-refractivity contribution in [3.63, 3.8) is 0 Å². The standard InChI is InChI=1S/C26H30ClN3O3/c1-3-15-32-18-22(31)16-30(21-11-12-21)17-24-25(19-7-5-4-6-8-19)28-29(2)26(24)33-23-13-9-20(27)10-14-23/h3-10,13-14,21-22,31H,1,11-12,15-18H2,2H3/t22-/m1/s1. The average molecular weight is 468 g/mol. The second-order valence-electron chi connectivity index (χ2n) is 8.32. The van der Waals surface area contributed by atoms with Crippen molar-refractivity contribution >= 4 is 11.6 Å². The smallest absolute Gasteiger partial charge is 0.222 e. The van der Waals surface area contributed by atoms with Gasteiger partial charge < -0.3 is 14.6 Å². The summed E-state index contributed by atoms with van der Waals surface area (Å²) in [6.07, 6.45) is 3.35. The van der Waals surface area contributed by atoms with Crippen LogP contribution < -0.4 is 4.74 Å². The number of aromatic nitrogens is 2. The Hall–Kier alpha value is -2.64. The molecule has 1 aromatic heterocycles. The number of rotatable bonds is 12. The topological polar surface area (TPSA) is 59.8 Å². The van der Waals surface area contributed by atoms with Gasteiger partial charge in [-0.25, -0.2) is 4.68 Å². The molecule has 3 aromatic rings. The number of benzene rings is 2. The highest BCUT2D eigenvalue weighted by Gasteiger charge is 2.33. The van der Waals surface area contributed by atoms with Gasteiger partial charge in [-0.3, -0.25) is 4.90 Å². The molecule has 1 aliphatic rings. The third-order valence-electron chi connectivity index (χ3n) is 5.58. The predicted octanol–water partition coefficient (Wildman–Crippen LogP) is 5.06. The zero-order chi connectivity index (χ0) is 23.2. The molecule has 2 aromatic carbocycles. The van der Waals surface area contributed by atoms with Crippen LogP contribution in [0.25, 0.3) is 11.3 Å². The van der Waals surface area contributed by atoms with Crippen LogP contribution in [0.3, 0.4) is 0 Å². The number of halogens is 1. The molecule has 0 amide bonds. The highest BCUT2D eigenvalue weighted by molar-refractivity contribution is 6.30. The van der Waals surface area contributed by atoms with Crippen molar-refractivity contribution in [1.29, 1.82) is 0 Å². The summed E-state index contributed by atoms with van der Waals surface area (Å²) in [7, 11) is 1.89. The summed E-state index contributed by atoms with van der Waals surface area (Å²) in [5, 5.41) is 16.0. The summed E-state index contributed by atoms with van der Waals surface area (Å²) in [5.74, 6) is 1.37. The van der Waals surface area contributed by atoms with Crippen molar-refractivity contribution in [3.05, 3.63) is 77.8 Å². The van der Waals surface area contributed by atoms with Crippen molar-refractivity contribution in [2.24, 2.45) is 7.05 Å². The fraction of sp³-hybridized carbons (Fsp3) is 0.346. The molecule has 1 fully saturated rings. The van der Waals surface area contributed by atoms with Crippen molar-refractivity contribution in [3.8, 4) is 22.9 Å². The van der Waals surface area contributed by atoms with Crippen molar-refractivity contribution in [1.82, 2.24) is 14.7 Å². The van der Waals surface area contributed by atoms with Gasteiger partial charge in [0.1, 0.15) is 11.4 Å². The number of nitrogens with zero attached hydrogens (tertiary/aromatic N) is 3. The molecule has 33 heavy (non-hydrogen) atoms. The van der Waals surface area contributed by atoms with Crippen LogP contribution in [0.1, 0.15) is 18.4 Å². The van der Waals surface area contributed by atoms with Crippen LogP contribution in [0, 0.1) is 0 Å². The van der Waals surface area contributed by atoms with E-state index >= 15 is 0 Å². The van der Waals surface area contributed by atoms with Gasteiger partial charge in [0, 0.05) is 36.8 Å². The minimum Gasteiger partial charge on any atom is -0.439 e. The lowest BCUT2D eigenvalue weighted by molar-refractivity contribution is 0.0227. The number of aryl methyl sites for hydroxylation is 1. The maximum absolute atomic E-state index is 10.6. The van der Waals surface area contributed by atoms with E-state index in [4.69, 9.17) is 26.2 Å². The van der Waals surface area contributed by atoms with E-state index in [9.17, 15) is 5.11 Å². The van der Waals surface area contributed by atoms with Gasteiger partial charge in [0.25, 0.3) is 0 Å². The Morgan fingerprint density at radius 1 is 1.21 bits per heavy atom. The van der Waals surface area contributed by atoms with Crippen LogP contribution in [0.4, 0.5) is 0 Å². The summed E-state index contributed by atoms with van der Waals surface area (Å²) in [6.45, 7) is 5.50. The van der Waals surface area contributed by atoms with Crippen LogP contribution in [0.15, 0.2) is 67.3 Å². The SMILES string of the molecule is C=CCOC[C@H](O)CN(Cc1c(-c2ccccc2)nn(C)c1Oc1ccc(Cl)cc1)C1CC1. The maximum atomic E-state index is 10.6. The fourth-order valence-electron chi connectivity index (χ4n) is 3.86. The second-order valence-corrected chi connectivity index (χ2v) is 8.75. The van der Waals surface area contributed by atoms with Gasteiger partial charge in [0.05, 0.1) is 24.9 Å². The van der Waals surface area contributed by atoms with Crippen LogP contribution in [0.2, 0.25) is 5.02 Å². The molecule has 0 spiro atoms. The van der Waals surface area contributed by atoms with E-state index in [1.165, 1.54) is 0 Å². The van der Waals surface area contributed by atoms with Crippen LogP contribution >= 0.6 is 11.6 Å². The van der Waals surface area contributed by atoms with Gasteiger partial charge in [-0.15, -0.1) is 6.58 Å².